The molecular formula is C7H9N2O2. The first-order valence-corrected chi connectivity index (χ1v) is 3.30. The van der Waals surface area contributed by atoms with Gasteiger partial charge in [0, 0.05) is 19.7 Å². The zero-order valence-corrected chi connectivity index (χ0v) is 6.24. The molecule has 0 aliphatic heterocycles. The van der Waals surface area contributed by atoms with Gasteiger partial charge < -0.3 is 9.67 Å². The van der Waals surface area contributed by atoms with Crippen molar-refractivity contribution < 1.29 is 9.90 Å². The van der Waals surface area contributed by atoms with E-state index in [1.165, 1.54) is 6.92 Å². The molecule has 0 saturated carbocycles. The highest BCUT2D eigenvalue weighted by molar-refractivity contribution is 5.90. The largest absolute Gasteiger partial charge is 0.395 e. The second-order valence-electron chi connectivity index (χ2n) is 2.17. The molecule has 0 saturated heterocycles. The third kappa shape index (κ3) is 1.65. The second-order valence-corrected chi connectivity index (χ2v) is 2.17. The SMILES string of the molecule is CC(=O)c1n[c]cn1CCO. The predicted molar refractivity (Wildman–Crippen MR) is 38.2 cm³/mol. The van der Waals surface area contributed by atoms with Gasteiger partial charge in [0.15, 0.2) is 11.6 Å². The predicted octanol–water partition coefficient (Wildman–Crippen LogP) is -0.122. The summed E-state index contributed by atoms with van der Waals surface area (Å²) < 4.78 is 1.57. The number of imidazole rings is 1. The van der Waals surface area contributed by atoms with Crippen LogP contribution in [-0.2, 0) is 6.54 Å². The van der Waals surface area contributed by atoms with E-state index in [4.69, 9.17) is 5.11 Å². The number of ketones is 1. The van der Waals surface area contributed by atoms with Crippen molar-refractivity contribution in [3.05, 3.63) is 18.2 Å². The lowest BCUT2D eigenvalue weighted by Crippen LogP contribution is -2.09. The molecule has 59 valence electrons. The lowest BCUT2D eigenvalue weighted by Gasteiger charge is -2.00. The third-order valence-electron chi connectivity index (χ3n) is 1.31. The van der Waals surface area contributed by atoms with Crippen LogP contribution in [0.2, 0.25) is 0 Å². The summed E-state index contributed by atoms with van der Waals surface area (Å²) in [4.78, 5) is 14.5. The van der Waals surface area contributed by atoms with Crippen molar-refractivity contribution in [2.45, 2.75) is 13.5 Å². The molecule has 0 spiro atoms. The summed E-state index contributed by atoms with van der Waals surface area (Å²) in [5.74, 6) is 0.235. The van der Waals surface area contributed by atoms with Crippen molar-refractivity contribution in [3.8, 4) is 0 Å². The molecule has 1 heterocycles. The summed E-state index contributed by atoms with van der Waals surface area (Å²) in [6.45, 7) is 1.83. The van der Waals surface area contributed by atoms with E-state index in [1.807, 2.05) is 0 Å². The fourth-order valence-corrected chi connectivity index (χ4v) is 0.844. The van der Waals surface area contributed by atoms with Crippen molar-refractivity contribution in [1.29, 1.82) is 0 Å². The fraction of sp³-hybridized carbons (Fsp3) is 0.429. The summed E-state index contributed by atoms with van der Waals surface area (Å²) in [6, 6.07) is 0. The highest BCUT2D eigenvalue weighted by Gasteiger charge is 2.05. The van der Waals surface area contributed by atoms with Crippen LogP contribution in [-0.4, -0.2) is 27.0 Å². The Kier molecular flexibility index (Phi) is 2.38. The average Bonchev–Trinajstić information content (AvgIpc) is 2.36. The smallest absolute Gasteiger partial charge is 0.195 e. The Balaban J connectivity index is 2.87. The van der Waals surface area contributed by atoms with E-state index in [0.29, 0.717) is 12.4 Å². The third-order valence-corrected chi connectivity index (χ3v) is 1.31. The molecule has 1 aromatic heterocycles. The maximum Gasteiger partial charge on any atom is 0.195 e. The second kappa shape index (κ2) is 3.30. The minimum atomic E-state index is -0.111. The minimum absolute atomic E-state index is 0.00444. The number of nitrogens with zero attached hydrogens (tertiary/aromatic N) is 2. The molecule has 0 fully saturated rings. The van der Waals surface area contributed by atoms with Gasteiger partial charge in [0.1, 0.15) is 6.20 Å². The molecule has 1 N–H and O–H groups in total. The van der Waals surface area contributed by atoms with Crippen molar-refractivity contribution in [2.24, 2.45) is 0 Å². The molecule has 4 heteroatoms. The topological polar surface area (TPSA) is 55.1 Å². The van der Waals surface area contributed by atoms with Gasteiger partial charge in [0.05, 0.1) is 6.61 Å². The lowest BCUT2D eigenvalue weighted by molar-refractivity contribution is 0.0998. The number of carbonyl (C=O) groups is 1. The quantitative estimate of drug-likeness (QED) is 0.616. The average molecular weight is 153 g/mol. The molecular weight excluding hydrogens is 144 g/mol. The molecule has 1 radical (unpaired) electrons. The summed E-state index contributed by atoms with van der Waals surface area (Å²) in [5.41, 5.74) is 0. The van der Waals surface area contributed by atoms with Crippen LogP contribution in [0.1, 0.15) is 17.5 Å². The van der Waals surface area contributed by atoms with Crippen LogP contribution >= 0.6 is 0 Å². The van der Waals surface area contributed by atoms with E-state index in [9.17, 15) is 4.79 Å². The molecule has 0 aliphatic carbocycles. The van der Waals surface area contributed by atoms with Gasteiger partial charge in [0.25, 0.3) is 0 Å². The maximum atomic E-state index is 10.8. The first-order chi connectivity index (χ1) is 5.25. The lowest BCUT2D eigenvalue weighted by atomic mass is 10.4. The highest BCUT2D eigenvalue weighted by atomic mass is 16.3. The molecule has 11 heavy (non-hydrogen) atoms. The zero-order valence-electron chi connectivity index (χ0n) is 6.24. The summed E-state index contributed by atoms with van der Waals surface area (Å²) in [6.07, 6.45) is 4.09. The number of aromatic nitrogens is 2. The monoisotopic (exact) mass is 153 g/mol. The van der Waals surface area contributed by atoms with Gasteiger partial charge in [-0.1, -0.05) is 0 Å². The van der Waals surface area contributed by atoms with Crippen LogP contribution in [0, 0.1) is 6.20 Å². The number of Topliss-reactive ketones (excluding diaryl/α,β-unsaturated/α-hetero) is 1. The van der Waals surface area contributed by atoms with Gasteiger partial charge in [-0.25, -0.2) is 4.98 Å². The molecule has 0 amide bonds. The molecule has 0 bridgehead atoms. The highest BCUT2D eigenvalue weighted by Crippen LogP contribution is 1.96. The van der Waals surface area contributed by atoms with Gasteiger partial charge in [-0.2, -0.15) is 0 Å². The molecule has 1 rings (SSSR count). The number of hydrogen-bond donors (Lipinski definition) is 1. The Morgan fingerprint density at radius 3 is 3.18 bits per heavy atom. The Labute approximate surface area is 64.5 Å². The molecule has 0 atom stereocenters. The van der Waals surface area contributed by atoms with Gasteiger partial charge in [-0.15, -0.1) is 0 Å². The first-order valence-electron chi connectivity index (χ1n) is 3.30. The van der Waals surface area contributed by atoms with Crippen LogP contribution in [0.25, 0.3) is 0 Å². The van der Waals surface area contributed by atoms with E-state index in [0.717, 1.165) is 0 Å². The number of rotatable bonds is 3. The van der Waals surface area contributed by atoms with Gasteiger partial charge in [-0.3, -0.25) is 4.79 Å². The summed E-state index contributed by atoms with van der Waals surface area (Å²) in [5, 5.41) is 8.57. The Morgan fingerprint density at radius 2 is 2.64 bits per heavy atom. The number of aliphatic hydroxyl groups is 1. The minimum Gasteiger partial charge on any atom is -0.395 e. The van der Waals surface area contributed by atoms with E-state index in [1.54, 1.807) is 10.8 Å². The maximum absolute atomic E-state index is 10.8. The number of aliphatic hydroxyl groups excluding tert-OH is 1. The molecule has 0 aliphatic rings. The Bertz CT molecular complexity index is 255. The van der Waals surface area contributed by atoms with Crippen LogP contribution in [0.15, 0.2) is 6.20 Å². The van der Waals surface area contributed by atoms with E-state index in [2.05, 4.69) is 11.2 Å². The van der Waals surface area contributed by atoms with Crippen LogP contribution < -0.4 is 0 Å². The Hall–Kier alpha value is -1.16. The molecule has 4 nitrogen and oxygen atoms in total. The van der Waals surface area contributed by atoms with Crippen molar-refractivity contribution >= 4 is 5.78 Å². The van der Waals surface area contributed by atoms with Crippen LogP contribution in [0.5, 0.6) is 0 Å². The van der Waals surface area contributed by atoms with Gasteiger partial charge >= 0.3 is 0 Å². The van der Waals surface area contributed by atoms with E-state index < -0.39 is 0 Å². The van der Waals surface area contributed by atoms with Crippen molar-refractivity contribution in [2.75, 3.05) is 6.61 Å². The standard InChI is InChI=1S/C7H9N2O2/c1-6(11)7-8-2-3-9(7)4-5-10/h3,10H,4-5H2,1H3. The Morgan fingerprint density at radius 1 is 1.91 bits per heavy atom. The first kappa shape index (κ1) is 7.94. The van der Waals surface area contributed by atoms with Crippen molar-refractivity contribution in [3.63, 3.8) is 0 Å². The molecule has 0 aromatic carbocycles. The molecule has 0 unspecified atom stereocenters. The normalized spacial score (nSPS) is 10.0. The summed E-state index contributed by atoms with van der Waals surface area (Å²) in [7, 11) is 0. The summed E-state index contributed by atoms with van der Waals surface area (Å²) >= 11 is 0. The van der Waals surface area contributed by atoms with Gasteiger partial charge in [0.2, 0.25) is 0 Å². The fourth-order valence-electron chi connectivity index (χ4n) is 0.844. The van der Waals surface area contributed by atoms with E-state index in [-0.39, 0.29) is 12.4 Å². The van der Waals surface area contributed by atoms with Crippen LogP contribution in [0.3, 0.4) is 0 Å². The number of hydrogen-bond acceptors (Lipinski definition) is 3. The molecule has 1 aromatic rings. The number of carbonyl (C=O) groups excluding carboxylic acids is 1. The van der Waals surface area contributed by atoms with Crippen molar-refractivity contribution in [1.82, 2.24) is 9.55 Å². The van der Waals surface area contributed by atoms with E-state index >= 15 is 0 Å². The van der Waals surface area contributed by atoms with Crippen LogP contribution in [0.4, 0.5) is 0 Å². The zero-order chi connectivity index (χ0) is 8.27. The van der Waals surface area contributed by atoms with Gasteiger partial charge in [-0.05, 0) is 0 Å².